The van der Waals surface area contributed by atoms with Gasteiger partial charge in [-0.1, -0.05) is 48.5 Å². The molecule has 0 aliphatic carbocycles. The lowest BCUT2D eigenvalue weighted by Crippen LogP contribution is -2.55. The Hall–Kier alpha value is -2.33. The average molecular weight is 366 g/mol. The molecule has 1 saturated heterocycles. The molecule has 2 aromatic carbocycles. The van der Waals surface area contributed by atoms with Crippen LogP contribution >= 0.6 is 0 Å². The fraction of sp³-hybridized carbons (Fsp3) is 0.435. The van der Waals surface area contributed by atoms with Crippen LogP contribution in [0.4, 0.5) is 5.69 Å². The molecule has 2 N–H and O–H groups in total. The van der Waals surface area contributed by atoms with Gasteiger partial charge in [0, 0.05) is 24.8 Å². The smallest absolute Gasteiger partial charge is 0.245 e. The number of carbonyl (C=O) groups excluding carboxylic acids is 1. The van der Waals surface area contributed by atoms with E-state index in [0.717, 1.165) is 44.6 Å². The monoisotopic (exact) mass is 365 g/mol. The molecule has 1 amide bonds. The third-order valence-corrected chi connectivity index (χ3v) is 5.20. The Bertz CT molecular complexity index is 715. The molecule has 0 bridgehead atoms. The quantitative estimate of drug-likeness (QED) is 0.786. The molecule has 0 aromatic heterocycles. The van der Waals surface area contributed by atoms with Crippen LogP contribution in [0.3, 0.4) is 0 Å². The molecular weight excluding hydrogens is 334 g/mol. The first kappa shape index (κ1) is 19.4. The van der Waals surface area contributed by atoms with Gasteiger partial charge in [-0.05, 0) is 57.4 Å². The number of likely N-dealkylation sites (tertiary alicyclic amines) is 1. The molecule has 1 unspecified atom stereocenters. The lowest BCUT2D eigenvalue weighted by Gasteiger charge is -2.35. The molecule has 1 heterocycles. The van der Waals surface area contributed by atoms with Crippen molar-refractivity contribution in [3.63, 3.8) is 0 Å². The van der Waals surface area contributed by atoms with Gasteiger partial charge < -0.3 is 15.5 Å². The Morgan fingerprint density at radius 3 is 2.44 bits per heavy atom. The van der Waals surface area contributed by atoms with Crippen LogP contribution in [0.5, 0.6) is 0 Å². The summed E-state index contributed by atoms with van der Waals surface area (Å²) in [5, 5.41) is 6.60. The maximum absolute atomic E-state index is 12.8. The maximum atomic E-state index is 12.8. The molecule has 2 aromatic rings. The van der Waals surface area contributed by atoms with Gasteiger partial charge in [-0.2, -0.15) is 0 Å². The van der Waals surface area contributed by atoms with Crippen molar-refractivity contribution in [2.45, 2.75) is 44.7 Å². The lowest BCUT2D eigenvalue weighted by atomic mass is 10.00. The highest BCUT2D eigenvalue weighted by atomic mass is 16.2. The summed E-state index contributed by atoms with van der Waals surface area (Å²) < 4.78 is 0. The van der Waals surface area contributed by atoms with E-state index in [1.165, 1.54) is 5.56 Å². The van der Waals surface area contributed by atoms with Crippen LogP contribution in [-0.2, 0) is 11.2 Å². The average Bonchev–Trinajstić information content (AvgIpc) is 2.68. The molecule has 4 nitrogen and oxygen atoms in total. The first-order chi connectivity index (χ1) is 13.0. The molecule has 27 heavy (non-hydrogen) atoms. The van der Waals surface area contributed by atoms with Crippen molar-refractivity contribution in [2.24, 2.45) is 0 Å². The lowest BCUT2D eigenvalue weighted by molar-refractivity contribution is -0.125. The Morgan fingerprint density at radius 1 is 1.07 bits per heavy atom. The number of benzene rings is 2. The van der Waals surface area contributed by atoms with E-state index in [1.807, 2.05) is 44.2 Å². The number of nitrogens with zero attached hydrogens (tertiary/aromatic N) is 1. The number of para-hydroxylation sites is 1. The van der Waals surface area contributed by atoms with E-state index in [4.69, 9.17) is 0 Å². The second-order valence-electron chi connectivity index (χ2n) is 7.96. The molecule has 0 saturated carbocycles. The summed E-state index contributed by atoms with van der Waals surface area (Å²) in [6.07, 6.45) is 3.24. The number of amides is 1. The topological polar surface area (TPSA) is 44.4 Å². The number of carbonyl (C=O) groups is 1. The van der Waals surface area contributed by atoms with Crippen LogP contribution in [-0.4, -0.2) is 42.0 Å². The minimum atomic E-state index is -0.645. The standard InChI is InChI=1S/C23H31N3O/c1-23(2,25-20-12-7-4-8-13-20)22(27)24-21-14-9-16-26(18-21)17-15-19-10-5-3-6-11-19/h3-8,10-13,21,25H,9,14-18H2,1-2H3,(H,24,27). The molecule has 1 fully saturated rings. The Balaban J connectivity index is 1.49. The second-order valence-corrected chi connectivity index (χ2v) is 7.96. The molecule has 3 rings (SSSR count). The summed E-state index contributed by atoms with van der Waals surface area (Å²) in [7, 11) is 0. The van der Waals surface area contributed by atoms with E-state index in [1.54, 1.807) is 0 Å². The van der Waals surface area contributed by atoms with Gasteiger partial charge in [0.05, 0.1) is 0 Å². The van der Waals surface area contributed by atoms with Crippen LogP contribution in [0.15, 0.2) is 60.7 Å². The van der Waals surface area contributed by atoms with Gasteiger partial charge in [0.25, 0.3) is 0 Å². The second kappa shape index (κ2) is 9.05. The zero-order chi connectivity index (χ0) is 19.1. The maximum Gasteiger partial charge on any atom is 0.245 e. The van der Waals surface area contributed by atoms with E-state index in [9.17, 15) is 4.79 Å². The van der Waals surface area contributed by atoms with E-state index >= 15 is 0 Å². The molecule has 4 heteroatoms. The van der Waals surface area contributed by atoms with Gasteiger partial charge in [0.2, 0.25) is 5.91 Å². The molecule has 1 atom stereocenters. The minimum absolute atomic E-state index is 0.0567. The number of hydrogen-bond donors (Lipinski definition) is 2. The summed E-state index contributed by atoms with van der Waals surface area (Å²) in [6, 6.07) is 20.7. The van der Waals surface area contributed by atoms with Gasteiger partial charge in [-0.3, -0.25) is 4.79 Å². The fourth-order valence-corrected chi connectivity index (χ4v) is 3.61. The van der Waals surface area contributed by atoms with Crippen molar-refractivity contribution < 1.29 is 4.79 Å². The van der Waals surface area contributed by atoms with Gasteiger partial charge in [0.1, 0.15) is 5.54 Å². The minimum Gasteiger partial charge on any atom is -0.372 e. The van der Waals surface area contributed by atoms with Crippen LogP contribution in [0, 0.1) is 0 Å². The molecule has 1 aliphatic heterocycles. The van der Waals surface area contributed by atoms with Crippen LogP contribution in [0.25, 0.3) is 0 Å². The number of hydrogen-bond acceptors (Lipinski definition) is 3. The third-order valence-electron chi connectivity index (χ3n) is 5.20. The molecule has 0 spiro atoms. The van der Waals surface area contributed by atoms with E-state index in [2.05, 4.69) is 45.9 Å². The SMILES string of the molecule is CC(C)(Nc1ccccc1)C(=O)NC1CCCN(CCc2ccccc2)C1. The summed E-state index contributed by atoms with van der Waals surface area (Å²) in [6.45, 7) is 6.96. The van der Waals surface area contributed by atoms with Crippen molar-refractivity contribution in [3.8, 4) is 0 Å². The Morgan fingerprint density at radius 2 is 1.74 bits per heavy atom. The van der Waals surface area contributed by atoms with Crippen molar-refractivity contribution in [3.05, 3.63) is 66.2 Å². The van der Waals surface area contributed by atoms with E-state index in [-0.39, 0.29) is 11.9 Å². The van der Waals surface area contributed by atoms with Crippen LogP contribution in [0.2, 0.25) is 0 Å². The number of rotatable bonds is 7. The molecule has 144 valence electrons. The van der Waals surface area contributed by atoms with Gasteiger partial charge in [0.15, 0.2) is 0 Å². The van der Waals surface area contributed by atoms with Crippen molar-refractivity contribution in [1.82, 2.24) is 10.2 Å². The third kappa shape index (κ3) is 5.83. The molecular formula is C23H31N3O. The zero-order valence-corrected chi connectivity index (χ0v) is 16.4. The largest absolute Gasteiger partial charge is 0.372 e. The molecule has 0 radical (unpaired) electrons. The fourth-order valence-electron chi connectivity index (χ4n) is 3.61. The highest BCUT2D eigenvalue weighted by molar-refractivity contribution is 5.88. The van der Waals surface area contributed by atoms with Crippen molar-refractivity contribution >= 4 is 11.6 Å². The number of nitrogens with one attached hydrogen (secondary N) is 2. The van der Waals surface area contributed by atoms with Gasteiger partial charge in [-0.15, -0.1) is 0 Å². The Labute approximate surface area is 163 Å². The van der Waals surface area contributed by atoms with Gasteiger partial charge >= 0.3 is 0 Å². The van der Waals surface area contributed by atoms with E-state index in [0.29, 0.717) is 0 Å². The normalized spacial score (nSPS) is 18.1. The van der Waals surface area contributed by atoms with Gasteiger partial charge in [-0.25, -0.2) is 0 Å². The molecule has 1 aliphatic rings. The van der Waals surface area contributed by atoms with E-state index < -0.39 is 5.54 Å². The summed E-state index contributed by atoms with van der Waals surface area (Å²) in [5.41, 5.74) is 1.69. The van der Waals surface area contributed by atoms with Crippen LogP contribution < -0.4 is 10.6 Å². The first-order valence-electron chi connectivity index (χ1n) is 9.93. The number of piperidine rings is 1. The summed E-state index contributed by atoms with van der Waals surface area (Å²) >= 11 is 0. The zero-order valence-electron chi connectivity index (χ0n) is 16.4. The number of anilines is 1. The highest BCUT2D eigenvalue weighted by Gasteiger charge is 2.30. The Kier molecular flexibility index (Phi) is 6.51. The van der Waals surface area contributed by atoms with Crippen molar-refractivity contribution in [1.29, 1.82) is 0 Å². The summed E-state index contributed by atoms with van der Waals surface area (Å²) in [5.74, 6) is 0.0567. The predicted molar refractivity (Wildman–Crippen MR) is 112 cm³/mol. The highest BCUT2D eigenvalue weighted by Crippen LogP contribution is 2.17. The summed E-state index contributed by atoms with van der Waals surface area (Å²) in [4.78, 5) is 15.3. The first-order valence-corrected chi connectivity index (χ1v) is 9.93. The predicted octanol–water partition coefficient (Wildman–Crippen LogP) is 3.70. The van der Waals surface area contributed by atoms with Crippen LogP contribution in [0.1, 0.15) is 32.3 Å². The van der Waals surface area contributed by atoms with Crippen molar-refractivity contribution in [2.75, 3.05) is 25.0 Å².